The zero-order valence-corrected chi connectivity index (χ0v) is 32.2. The largest absolute Gasteiger partial charge is 0.394 e. The first-order valence-corrected chi connectivity index (χ1v) is 20.1. The molecule has 3 heterocycles. The Bertz CT molecular complexity index is 1420. The third-order valence-electron chi connectivity index (χ3n) is 14.8. The topological polar surface area (TPSA) is 255 Å². The molecular formula is C39H62O16. The van der Waals surface area contributed by atoms with E-state index in [-0.39, 0.29) is 28.4 Å². The highest BCUT2D eigenvalue weighted by Crippen LogP contribution is 2.66. The fourth-order valence-electron chi connectivity index (χ4n) is 11.7. The lowest BCUT2D eigenvalue weighted by molar-refractivity contribution is -0.388. The molecule has 16 nitrogen and oxygen atoms in total. The van der Waals surface area contributed by atoms with Crippen LogP contribution in [0.25, 0.3) is 0 Å². The normalized spacial score (nSPS) is 55.5. The Morgan fingerprint density at radius 2 is 1.35 bits per heavy atom. The number of ketones is 1. The van der Waals surface area contributed by atoms with Crippen molar-refractivity contribution in [2.75, 3.05) is 6.61 Å². The summed E-state index contributed by atoms with van der Waals surface area (Å²) in [5.41, 5.74) is 0.900. The number of Topliss-reactive ketones (excluding diaryl/α,β-unsaturated/α-hetero) is 1. The molecule has 9 N–H and O–H groups in total. The summed E-state index contributed by atoms with van der Waals surface area (Å²) < 4.78 is 36.2. The van der Waals surface area contributed by atoms with Crippen LogP contribution in [-0.4, -0.2) is 163 Å². The molecule has 4 aliphatic carbocycles. The minimum absolute atomic E-state index is 0.0616. The van der Waals surface area contributed by atoms with Crippen LogP contribution in [0.5, 0.6) is 0 Å². The number of aliphatic hydroxyl groups is 9. The van der Waals surface area contributed by atoms with E-state index in [1.54, 1.807) is 6.92 Å². The lowest BCUT2D eigenvalue weighted by atomic mass is 9.47. The lowest BCUT2D eigenvalue weighted by Crippen LogP contribution is -2.66. The molecule has 314 valence electrons. The van der Waals surface area contributed by atoms with Gasteiger partial charge in [-0.1, -0.05) is 25.5 Å². The van der Waals surface area contributed by atoms with Gasteiger partial charge >= 0.3 is 0 Å². The summed E-state index contributed by atoms with van der Waals surface area (Å²) in [5.74, 6) is 0.688. The molecular weight excluding hydrogens is 724 g/mol. The van der Waals surface area contributed by atoms with Gasteiger partial charge in [-0.3, -0.25) is 4.79 Å². The Labute approximate surface area is 321 Å². The molecule has 0 radical (unpaired) electrons. The number of aliphatic hydroxyl groups excluding tert-OH is 9. The van der Waals surface area contributed by atoms with Crippen molar-refractivity contribution in [1.82, 2.24) is 0 Å². The summed E-state index contributed by atoms with van der Waals surface area (Å²) in [6.07, 6.45) is -15.2. The second kappa shape index (κ2) is 15.8. The molecule has 0 amide bonds. The molecule has 23 atom stereocenters. The molecule has 0 spiro atoms. The van der Waals surface area contributed by atoms with Gasteiger partial charge in [-0.15, -0.1) is 0 Å². The summed E-state index contributed by atoms with van der Waals surface area (Å²) in [4.78, 5) is 12.7. The Kier molecular flexibility index (Phi) is 12.0. The standard InChI is InChI=1S/C39H62O16/c1-15(41)25-23(42)13-22-20-7-6-18-12-19(8-10-38(18,4)21(20)9-11-39(22,25)5)52-37-34(55-36-31(48)29(46)27(44)17(3)51-36)32(49)33(24(14-40)53-37)54-35-30(47)28(45)26(43)16(2)50-35/h6,16-17,19-37,40,42-49H,7-14H2,1-5H3. The Hall–Kier alpha value is -1.19. The van der Waals surface area contributed by atoms with Gasteiger partial charge < -0.3 is 74.4 Å². The number of rotatable bonds is 8. The molecule has 3 aliphatic heterocycles. The van der Waals surface area contributed by atoms with E-state index >= 15 is 0 Å². The maximum atomic E-state index is 12.7. The van der Waals surface area contributed by atoms with Gasteiger partial charge in [0, 0.05) is 5.92 Å². The molecule has 0 aromatic rings. The highest BCUT2D eigenvalue weighted by molar-refractivity contribution is 5.80. The molecule has 23 unspecified atom stereocenters. The minimum Gasteiger partial charge on any atom is -0.394 e. The van der Waals surface area contributed by atoms with Crippen LogP contribution in [-0.2, 0) is 33.2 Å². The molecule has 0 bridgehead atoms. The Morgan fingerprint density at radius 1 is 0.745 bits per heavy atom. The summed E-state index contributed by atoms with van der Waals surface area (Å²) in [7, 11) is 0. The average Bonchev–Trinajstić information content (AvgIpc) is 3.43. The van der Waals surface area contributed by atoms with Crippen LogP contribution in [0.2, 0.25) is 0 Å². The van der Waals surface area contributed by atoms with Crippen molar-refractivity contribution in [1.29, 1.82) is 0 Å². The predicted molar refractivity (Wildman–Crippen MR) is 188 cm³/mol. The fourth-order valence-corrected chi connectivity index (χ4v) is 11.7. The van der Waals surface area contributed by atoms with Gasteiger partial charge in [-0.2, -0.15) is 0 Å². The van der Waals surface area contributed by atoms with Gasteiger partial charge in [0.25, 0.3) is 0 Å². The van der Waals surface area contributed by atoms with Gasteiger partial charge in [0.1, 0.15) is 66.8 Å². The SMILES string of the molecule is CC(=O)C1C(O)CC2C3CC=C4CC(OC5OC(CO)C(OC6OC(C)C(O)C(O)C6O)C(O)C5OC5OC(C)C(O)C(O)C5O)CCC4(C)C3CCC21C. The van der Waals surface area contributed by atoms with Crippen molar-refractivity contribution < 1.29 is 79.2 Å². The van der Waals surface area contributed by atoms with Crippen LogP contribution in [0.15, 0.2) is 11.6 Å². The molecule has 0 aromatic heterocycles. The zero-order valence-electron chi connectivity index (χ0n) is 32.2. The molecule has 55 heavy (non-hydrogen) atoms. The van der Waals surface area contributed by atoms with Crippen molar-refractivity contribution in [3.05, 3.63) is 11.6 Å². The average molecular weight is 787 g/mol. The van der Waals surface area contributed by atoms with Crippen LogP contribution in [0.3, 0.4) is 0 Å². The second-order valence-electron chi connectivity index (χ2n) is 18.0. The number of carbonyl (C=O) groups excluding carboxylic acids is 1. The van der Waals surface area contributed by atoms with Crippen molar-refractivity contribution in [2.24, 2.45) is 34.5 Å². The minimum atomic E-state index is -1.73. The van der Waals surface area contributed by atoms with Crippen LogP contribution in [0.4, 0.5) is 0 Å². The highest BCUT2D eigenvalue weighted by atomic mass is 16.8. The zero-order chi connectivity index (χ0) is 39.9. The second-order valence-corrected chi connectivity index (χ2v) is 18.0. The lowest BCUT2D eigenvalue weighted by Gasteiger charge is -2.58. The number of hydrogen-bond acceptors (Lipinski definition) is 16. The first kappa shape index (κ1) is 42.0. The Morgan fingerprint density at radius 3 is 1.93 bits per heavy atom. The van der Waals surface area contributed by atoms with Crippen molar-refractivity contribution >= 4 is 5.78 Å². The summed E-state index contributed by atoms with van der Waals surface area (Å²) in [5, 5.41) is 96.2. The van der Waals surface area contributed by atoms with Crippen LogP contribution in [0.1, 0.15) is 79.6 Å². The van der Waals surface area contributed by atoms with E-state index in [2.05, 4.69) is 19.9 Å². The van der Waals surface area contributed by atoms with Crippen molar-refractivity contribution in [3.63, 3.8) is 0 Å². The van der Waals surface area contributed by atoms with Gasteiger partial charge in [-0.25, -0.2) is 0 Å². The molecule has 16 heteroatoms. The van der Waals surface area contributed by atoms with E-state index in [0.717, 1.165) is 25.7 Å². The number of hydrogen-bond donors (Lipinski definition) is 9. The third-order valence-corrected chi connectivity index (χ3v) is 14.8. The van der Waals surface area contributed by atoms with Gasteiger partial charge in [0.2, 0.25) is 0 Å². The molecule has 7 aliphatic rings. The predicted octanol–water partition coefficient (Wildman–Crippen LogP) is -0.986. The van der Waals surface area contributed by atoms with E-state index in [4.69, 9.17) is 28.4 Å². The van der Waals surface area contributed by atoms with Crippen LogP contribution in [0, 0.1) is 34.5 Å². The number of carbonyl (C=O) groups is 1. The van der Waals surface area contributed by atoms with E-state index in [0.29, 0.717) is 31.1 Å². The maximum Gasteiger partial charge on any atom is 0.187 e. The molecule has 7 rings (SSSR count). The van der Waals surface area contributed by atoms with E-state index < -0.39 is 111 Å². The molecule has 6 fully saturated rings. The first-order chi connectivity index (χ1) is 25.9. The van der Waals surface area contributed by atoms with Crippen molar-refractivity contribution in [2.45, 2.75) is 184 Å². The number of allylic oxidation sites excluding steroid dienone is 1. The molecule has 3 saturated heterocycles. The Balaban J connectivity index is 1.10. The van der Waals surface area contributed by atoms with E-state index in [1.807, 2.05) is 0 Å². The summed E-state index contributed by atoms with van der Waals surface area (Å²) >= 11 is 0. The highest BCUT2D eigenvalue weighted by Gasteiger charge is 2.62. The number of ether oxygens (including phenoxy) is 6. The van der Waals surface area contributed by atoms with E-state index in [9.17, 15) is 50.8 Å². The quantitative estimate of drug-likeness (QED) is 0.134. The summed E-state index contributed by atoms with van der Waals surface area (Å²) in [6, 6.07) is 0. The monoisotopic (exact) mass is 786 g/mol. The van der Waals surface area contributed by atoms with Gasteiger partial charge in [-0.05, 0) is 94.3 Å². The van der Waals surface area contributed by atoms with Crippen LogP contribution < -0.4 is 0 Å². The van der Waals surface area contributed by atoms with Gasteiger partial charge in [0.15, 0.2) is 18.9 Å². The smallest absolute Gasteiger partial charge is 0.187 e. The summed E-state index contributed by atoms with van der Waals surface area (Å²) in [6.45, 7) is 8.38. The van der Waals surface area contributed by atoms with Gasteiger partial charge in [0.05, 0.1) is 31.0 Å². The van der Waals surface area contributed by atoms with Crippen LogP contribution >= 0.6 is 0 Å². The molecule has 0 aromatic carbocycles. The molecule has 3 saturated carbocycles. The van der Waals surface area contributed by atoms with E-state index in [1.165, 1.54) is 19.4 Å². The maximum absolute atomic E-state index is 12.7. The first-order valence-electron chi connectivity index (χ1n) is 20.1. The fraction of sp³-hybridized carbons (Fsp3) is 0.923. The van der Waals surface area contributed by atoms with Crippen molar-refractivity contribution in [3.8, 4) is 0 Å². The third kappa shape index (κ3) is 7.18. The number of fused-ring (bicyclic) bond motifs is 5.